The van der Waals surface area contributed by atoms with Gasteiger partial charge in [-0.05, 0) is 25.1 Å². The Morgan fingerprint density at radius 2 is 1.97 bits per heavy atom. The van der Waals surface area contributed by atoms with E-state index in [9.17, 15) is 9.59 Å². The van der Waals surface area contributed by atoms with E-state index in [0.29, 0.717) is 37.5 Å². The Morgan fingerprint density at radius 1 is 1.19 bits per heavy atom. The maximum absolute atomic E-state index is 12.5. The van der Waals surface area contributed by atoms with Crippen LogP contribution in [0.1, 0.15) is 12.7 Å². The fourth-order valence-electron chi connectivity index (χ4n) is 3.98. The third-order valence-electron chi connectivity index (χ3n) is 5.66. The molecule has 3 aromatic rings. The van der Waals surface area contributed by atoms with Crippen LogP contribution in [0.5, 0.6) is 0 Å². The van der Waals surface area contributed by atoms with E-state index < -0.39 is 11.2 Å². The molecule has 9 nitrogen and oxygen atoms in total. The average Bonchev–Trinajstić information content (AvgIpc) is 3.11. The number of anilines is 1. The summed E-state index contributed by atoms with van der Waals surface area (Å²) in [4.78, 5) is 36.2. The van der Waals surface area contributed by atoms with Crippen molar-refractivity contribution >= 4 is 28.5 Å². The van der Waals surface area contributed by atoms with E-state index in [4.69, 9.17) is 16.3 Å². The first-order valence-electron chi connectivity index (χ1n) is 10.5. The number of piperazine rings is 1. The smallest absolute Gasteiger partial charge is 0.329 e. The summed E-state index contributed by atoms with van der Waals surface area (Å²) in [6.07, 6.45) is 0. The first-order valence-corrected chi connectivity index (χ1v) is 10.8. The second-order valence-electron chi connectivity index (χ2n) is 7.61. The molecule has 1 N–H and O–H groups in total. The third kappa shape index (κ3) is 4.53. The van der Waals surface area contributed by atoms with Gasteiger partial charge in [0, 0.05) is 57.1 Å². The summed E-state index contributed by atoms with van der Waals surface area (Å²) in [5.41, 5.74) is 1.05. The van der Waals surface area contributed by atoms with Gasteiger partial charge in [-0.1, -0.05) is 17.7 Å². The Labute approximate surface area is 184 Å². The van der Waals surface area contributed by atoms with Crippen LogP contribution >= 0.6 is 11.6 Å². The Bertz CT molecular complexity index is 1180. The third-order valence-corrected chi connectivity index (χ3v) is 5.90. The number of aryl methyl sites for hydroxylation is 1. The number of aromatic nitrogens is 4. The lowest BCUT2D eigenvalue weighted by Crippen LogP contribution is -2.46. The van der Waals surface area contributed by atoms with Crippen molar-refractivity contribution < 1.29 is 4.74 Å². The lowest BCUT2D eigenvalue weighted by atomic mass is 10.2. The number of nitrogens with zero attached hydrogens (tertiary/aromatic N) is 5. The van der Waals surface area contributed by atoms with Crippen molar-refractivity contribution in [3.05, 3.63) is 56.0 Å². The van der Waals surface area contributed by atoms with Crippen LogP contribution < -0.4 is 16.1 Å². The molecule has 10 heteroatoms. The quantitative estimate of drug-likeness (QED) is 0.552. The van der Waals surface area contributed by atoms with Crippen molar-refractivity contribution in [2.24, 2.45) is 7.05 Å². The first kappa shape index (κ1) is 21.6. The number of benzene rings is 1. The van der Waals surface area contributed by atoms with Gasteiger partial charge in [-0.3, -0.25) is 19.2 Å². The van der Waals surface area contributed by atoms with Crippen molar-refractivity contribution in [1.29, 1.82) is 0 Å². The molecule has 0 bridgehead atoms. The zero-order valence-corrected chi connectivity index (χ0v) is 18.6. The minimum absolute atomic E-state index is 0.401. The summed E-state index contributed by atoms with van der Waals surface area (Å²) in [6.45, 7) is 7.57. The number of rotatable bonds is 7. The van der Waals surface area contributed by atoms with Gasteiger partial charge >= 0.3 is 5.69 Å². The molecule has 0 radical (unpaired) electrons. The van der Waals surface area contributed by atoms with Crippen LogP contribution in [0, 0.1) is 0 Å². The van der Waals surface area contributed by atoms with Gasteiger partial charge in [0.15, 0.2) is 11.2 Å². The average molecular weight is 447 g/mol. The number of aromatic amines is 1. The molecule has 1 aliphatic rings. The van der Waals surface area contributed by atoms with Crippen LogP contribution in [-0.4, -0.2) is 63.4 Å². The maximum Gasteiger partial charge on any atom is 0.329 e. The molecular weight excluding hydrogens is 420 g/mol. The second kappa shape index (κ2) is 9.25. The molecule has 1 saturated heterocycles. The van der Waals surface area contributed by atoms with Gasteiger partial charge in [0.1, 0.15) is 5.82 Å². The summed E-state index contributed by atoms with van der Waals surface area (Å²) in [5, 5.41) is 0.735. The molecule has 1 aliphatic heterocycles. The van der Waals surface area contributed by atoms with Gasteiger partial charge in [-0.2, -0.15) is 0 Å². The highest BCUT2D eigenvalue weighted by atomic mass is 35.5. The topological polar surface area (TPSA) is 88.4 Å². The van der Waals surface area contributed by atoms with Crippen molar-refractivity contribution in [1.82, 2.24) is 24.0 Å². The molecule has 0 spiro atoms. The van der Waals surface area contributed by atoms with E-state index in [0.717, 1.165) is 42.7 Å². The van der Waals surface area contributed by atoms with E-state index >= 15 is 0 Å². The predicted octanol–water partition coefficient (Wildman–Crippen LogP) is 1.44. The lowest BCUT2D eigenvalue weighted by Gasteiger charge is -2.36. The summed E-state index contributed by atoms with van der Waals surface area (Å²) < 4.78 is 8.77. The highest BCUT2D eigenvalue weighted by Crippen LogP contribution is 2.21. The van der Waals surface area contributed by atoms with Crippen molar-refractivity contribution in [3.63, 3.8) is 0 Å². The van der Waals surface area contributed by atoms with Crippen LogP contribution in [0.25, 0.3) is 11.2 Å². The minimum Gasteiger partial charge on any atom is -0.380 e. The normalized spacial score (nSPS) is 15.1. The largest absolute Gasteiger partial charge is 0.380 e. The summed E-state index contributed by atoms with van der Waals surface area (Å²) in [7, 11) is 1.62. The van der Waals surface area contributed by atoms with Gasteiger partial charge in [-0.25, -0.2) is 9.78 Å². The predicted molar refractivity (Wildman–Crippen MR) is 121 cm³/mol. The fraction of sp³-hybridized carbons (Fsp3) is 0.476. The Balaban J connectivity index is 1.56. The molecule has 0 saturated carbocycles. The zero-order chi connectivity index (χ0) is 22.0. The fourth-order valence-corrected chi connectivity index (χ4v) is 4.16. The summed E-state index contributed by atoms with van der Waals surface area (Å²) >= 11 is 6.13. The zero-order valence-electron chi connectivity index (χ0n) is 17.8. The van der Waals surface area contributed by atoms with Crippen LogP contribution in [0.4, 0.5) is 5.69 Å². The summed E-state index contributed by atoms with van der Waals surface area (Å²) in [5.74, 6) is 0.762. The highest BCUT2D eigenvalue weighted by molar-refractivity contribution is 6.30. The van der Waals surface area contributed by atoms with E-state index in [1.54, 1.807) is 7.05 Å². The van der Waals surface area contributed by atoms with Crippen LogP contribution in [0.2, 0.25) is 5.02 Å². The molecule has 166 valence electrons. The molecule has 1 aromatic carbocycles. The number of hydrogen-bond acceptors (Lipinski definition) is 6. The number of H-pyrrole nitrogens is 1. The standard InChI is InChI=1S/C21H27ClN6O3/c1-3-31-12-11-28-17(23-19-18(28)20(29)24-21(30)25(19)2)14-26-7-9-27(10-8-26)16-6-4-5-15(22)13-16/h4-6,13H,3,7-12,14H2,1-2H3,(H,24,29,30). The number of imidazole rings is 1. The Morgan fingerprint density at radius 3 is 2.68 bits per heavy atom. The molecule has 0 amide bonds. The number of nitrogens with one attached hydrogen (secondary N) is 1. The van der Waals surface area contributed by atoms with Gasteiger partial charge in [0.05, 0.1) is 13.2 Å². The van der Waals surface area contributed by atoms with Crippen LogP contribution in [0.3, 0.4) is 0 Å². The molecule has 0 unspecified atom stereocenters. The minimum atomic E-state index is -0.464. The van der Waals surface area contributed by atoms with E-state index in [1.165, 1.54) is 4.57 Å². The molecule has 3 heterocycles. The van der Waals surface area contributed by atoms with E-state index in [1.807, 2.05) is 29.7 Å². The Kier molecular flexibility index (Phi) is 6.45. The van der Waals surface area contributed by atoms with Gasteiger partial charge < -0.3 is 14.2 Å². The van der Waals surface area contributed by atoms with Crippen molar-refractivity contribution in [2.75, 3.05) is 44.3 Å². The summed E-state index contributed by atoms with van der Waals surface area (Å²) in [6, 6.07) is 7.90. The second-order valence-corrected chi connectivity index (χ2v) is 8.05. The number of ether oxygens (including phenoxy) is 1. The van der Waals surface area contributed by atoms with Crippen LogP contribution in [-0.2, 0) is 24.9 Å². The van der Waals surface area contributed by atoms with Crippen molar-refractivity contribution in [2.45, 2.75) is 20.0 Å². The number of fused-ring (bicyclic) bond motifs is 1. The molecular formula is C21H27ClN6O3. The SMILES string of the molecule is CCOCCn1c(CN2CCN(c3cccc(Cl)c3)CC2)nc2c1c(=O)[nH]c(=O)n2C. The van der Waals surface area contributed by atoms with Crippen molar-refractivity contribution in [3.8, 4) is 0 Å². The molecule has 1 fully saturated rings. The Hall–Kier alpha value is -2.62. The molecule has 2 aromatic heterocycles. The number of hydrogen-bond donors (Lipinski definition) is 1. The highest BCUT2D eigenvalue weighted by Gasteiger charge is 2.22. The van der Waals surface area contributed by atoms with Crippen LogP contribution in [0.15, 0.2) is 33.9 Å². The number of halogens is 1. The van der Waals surface area contributed by atoms with Gasteiger partial charge in [0.25, 0.3) is 5.56 Å². The molecule has 0 aliphatic carbocycles. The monoisotopic (exact) mass is 446 g/mol. The molecule has 4 rings (SSSR count). The first-order chi connectivity index (χ1) is 15.0. The van der Waals surface area contributed by atoms with Gasteiger partial charge in [0.2, 0.25) is 0 Å². The molecule has 0 atom stereocenters. The van der Waals surface area contributed by atoms with E-state index in [-0.39, 0.29) is 0 Å². The maximum atomic E-state index is 12.5. The van der Waals surface area contributed by atoms with E-state index in [2.05, 4.69) is 25.8 Å². The lowest BCUT2D eigenvalue weighted by molar-refractivity contribution is 0.138. The van der Waals surface area contributed by atoms with Gasteiger partial charge in [-0.15, -0.1) is 0 Å². The molecule has 31 heavy (non-hydrogen) atoms.